The van der Waals surface area contributed by atoms with Crippen LogP contribution >= 0.6 is 0 Å². The standard InChI is InChI=1S/C15H13N5/c16-8-15(4-1-5-15)14-17-7-13(20-14)10-2-3-11-12(6-10)19-9-18-11/h2-3,6-7,9H,1,4-5H2,(H,17,20)(H,18,19). The molecule has 2 N–H and O–H groups in total. The Kier molecular flexibility index (Phi) is 2.21. The molecule has 0 atom stereocenters. The first-order valence-corrected chi connectivity index (χ1v) is 6.71. The molecule has 0 aliphatic heterocycles. The fraction of sp³-hybridized carbons (Fsp3) is 0.267. The van der Waals surface area contributed by atoms with Crippen LogP contribution < -0.4 is 0 Å². The first kappa shape index (κ1) is 11.2. The van der Waals surface area contributed by atoms with Gasteiger partial charge in [0.2, 0.25) is 0 Å². The van der Waals surface area contributed by atoms with Gasteiger partial charge < -0.3 is 9.97 Å². The Labute approximate surface area is 115 Å². The summed E-state index contributed by atoms with van der Waals surface area (Å²) in [6, 6.07) is 8.44. The van der Waals surface area contributed by atoms with Crippen LogP contribution in [0, 0.1) is 11.3 Å². The smallest absolute Gasteiger partial charge is 0.127 e. The third-order valence-corrected chi connectivity index (χ3v) is 4.18. The fourth-order valence-corrected chi connectivity index (χ4v) is 2.75. The normalized spacial score (nSPS) is 16.8. The number of benzene rings is 1. The molecule has 0 spiro atoms. The van der Waals surface area contributed by atoms with Crippen molar-refractivity contribution in [2.75, 3.05) is 0 Å². The molecule has 1 aliphatic carbocycles. The molecule has 1 aromatic carbocycles. The molecule has 5 nitrogen and oxygen atoms in total. The maximum atomic E-state index is 9.36. The molecule has 1 saturated carbocycles. The van der Waals surface area contributed by atoms with Crippen LogP contribution in [0.3, 0.4) is 0 Å². The number of nitrogens with zero attached hydrogens (tertiary/aromatic N) is 3. The van der Waals surface area contributed by atoms with Gasteiger partial charge in [0.1, 0.15) is 11.2 Å². The van der Waals surface area contributed by atoms with E-state index >= 15 is 0 Å². The summed E-state index contributed by atoms with van der Waals surface area (Å²) in [5.74, 6) is 0.797. The van der Waals surface area contributed by atoms with Crippen LogP contribution in [0.5, 0.6) is 0 Å². The minimum absolute atomic E-state index is 0.393. The summed E-state index contributed by atoms with van der Waals surface area (Å²) in [5, 5.41) is 9.36. The topological polar surface area (TPSA) is 81.2 Å². The lowest BCUT2D eigenvalue weighted by Crippen LogP contribution is -2.33. The van der Waals surface area contributed by atoms with Crippen molar-refractivity contribution in [1.29, 1.82) is 5.26 Å². The van der Waals surface area contributed by atoms with E-state index in [2.05, 4.69) is 26.0 Å². The molecule has 1 aliphatic rings. The Bertz CT molecular complexity index is 816. The molecule has 1 fully saturated rings. The van der Waals surface area contributed by atoms with E-state index in [-0.39, 0.29) is 0 Å². The van der Waals surface area contributed by atoms with Gasteiger partial charge >= 0.3 is 0 Å². The van der Waals surface area contributed by atoms with Crippen LogP contribution in [0.25, 0.3) is 22.3 Å². The lowest BCUT2D eigenvalue weighted by Gasteiger charge is -2.32. The van der Waals surface area contributed by atoms with Gasteiger partial charge in [-0.1, -0.05) is 6.07 Å². The molecule has 5 heteroatoms. The molecule has 2 aromatic heterocycles. The van der Waals surface area contributed by atoms with Crippen LogP contribution in [0.1, 0.15) is 25.1 Å². The summed E-state index contributed by atoms with van der Waals surface area (Å²) in [6.45, 7) is 0. The second-order valence-electron chi connectivity index (χ2n) is 5.33. The van der Waals surface area contributed by atoms with Gasteiger partial charge in [-0.15, -0.1) is 0 Å². The number of hydrogen-bond acceptors (Lipinski definition) is 3. The van der Waals surface area contributed by atoms with Gasteiger partial charge in [0, 0.05) is 5.56 Å². The predicted molar refractivity (Wildman–Crippen MR) is 74.8 cm³/mol. The number of H-pyrrole nitrogens is 2. The lowest BCUT2D eigenvalue weighted by molar-refractivity contribution is 0.309. The first-order valence-electron chi connectivity index (χ1n) is 6.71. The van der Waals surface area contributed by atoms with Crippen LogP contribution in [-0.2, 0) is 5.41 Å². The van der Waals surface area contributed by atoms with Crippen molar-refractivity contribution in [1.82, 2.24) is 19.9 Å². The summed E-state index contributed by atoms with van der Waals surface area (Å²) in [4.78, 5) is 15.0. The van der Waals surface area contributed by atoms with Gasteiger partial charge in [0.05, 0.1) is 35.3 Å². The van der Waals surface area contributed by atoms with Crippen LogP contribution in [0.15, 0.2) is 30.7 Å². The number of imidazole rings is 2. The molecule has 4 rings (SSSR count). The Balaban J connectivity index is 1.76. The van der Waals surface area contributed by atoms with Crippen molar-refractivity contribution in [3.05, 3.63) is 36.5 Å². The highest BCUT2D eigenvalue weighted by molar-refractivity contribution is 5.80. The van der Waals surface area contributed by atoms with Gasteiger partial charge in [-0.05, 0) is 31.4 Å². The van der Waals surface area contributed by atoms with Crippen LogP contribution in [-0.4, -0.2) is 19.9 Å². The van der Waals surface area contributed by atoms with Gasteiger partial charge in [0.25, 0.3) is 0 Å². The molecule has 0 saturated heterocycles. The molecule has 3 aromatic rings. The number of fused-ring (bicyclic) bond motifs is 1. The lowest BCUT2D eigenvalue weighted by atomic mass is 9.69. The zero-order valence-electron chi connectivity index (χ0n) is 10.8. The average Bonchev–Trinajstić information content (AvgIpc) is 3.06. The molecular weight excluding hydrogens is 250 g/mol. The quantitative estimate of drug-likeness (QED) is 0.745. The third kappa shape index (κ3) is 1.48. The first-order chi connectivity index (χ1) is 9.81. The largest absolute Gasteiger partial charge is 0.345 e. The predicted octanol–water partition coefficient (Wildman–Crippen LogP) is 2.90. The number of rotatable bonds is 2. The summed E-state index contributed by atoms with van der Waals surface area (Å²) in [6.07, 6.45) is 6.39. The van der Waals surface area contributed by atoms with E-state index < -0.39 is 5.41 Å². The van der Waals surface area contributed by atoms with Crippen molar-refractivity contribution >= 4 is 11.0 Å². The minimum atomic E-state index is -0.393. The molecule has 98 valence electrons. The number of hydrogen-bond donors (Lipinski definition) is 2. The summed E-state index contributed by atoms with van der Waals surface area (Å²) in [7, 11) is 0. The van der Waals surface area contributed by atoms with Gasteiger partial charge in [-0.3, -0.25) is 0 Å². The zero-order valence-corrected chi connectivity index (χ0v) is 10.8. The van der Waals surface area contributed by atoms with Gasteiger partial charge in [-0.25, -0.2) is 9.97 Å². The van der Waals surface area contributed by atoms with Crippen molar-refractivity contribution in [2.45, 2.75) is 24.7 Å². The maximum Gasteiger partial charge on any atom is 0.127 e. The fourth-order valence-electron chi connectivity index (χ4n) is 2.75. The highest BCUT2D eigenvalue weighted by Gasteiger charge is 2.41. The van der Waals surface area contributed by atoms with E-state index in [1.807, 2.05) is 24.4 Å². The molecule has 0 bridgehead atoms. The number of nitrogens with one attached hydrogen (secondary N) is 2. The van der Waals surface area contributed by atoms with E-state index in [1.165, 1.54) is 0 Å². The number of aromatic nitrogens is 4. The van der Waals surface area contributed by atoms with E-state index in [0.717, 1.165) is 47.4 Å². The van der Waals surface area contributed by atoms with E-state index in [1.54, 1.807) is 6.33 Å². The van der Waals surface area contributed by atoms with Crippen molar-refractivity contribution in [3.8, 4) is 17.3 Å². The highest BCUT2D eigenvalue weighted by Crippen LogP contribution is 2.42. The highest BCUT2D eigenvalue weighted by atomic mass is 14.9. The second kappa shape index (κ2) is 3.94. The molecule has 0 amide bonds. The zero-order chi connectivity index (χ0) is 13.6. The van der Waals surface area contributed by atoms with Gasteiger partial charge in [-0.2, -0.15) is 5.26 Å². The van der Waals surface area contributed by atoms with E-state index in [0.29, 0.717) is 0 Å². The van der Waals surface area contributed by atoms with Crippen molar-refractivity contribution in [3.63, 3.8) is 0 Å². The molecular formula is C15H13N5. The SMILES string of the molecule is N#CC1(c2ncc(-c3ccc4nc[nH]c4c3)[nH]2)CCC1. The molecule has 0 unspecified atom stereocenters. The Morgan fingerprint density at radius 2 is 2.15 bits per heavy atom. The maximum absolute atomic E-state index is 9.36. The molecule has 0 radical (unpaired) electrons. The van der Waals surface area contributed by atoms with Gasteiger partial charge in [0.15, 0.2) is 0 Å². The Hall–Kier alpha value is -2.61. The van der Waals surface area contributed by atoms with E-state index in [9.17, 15) is 5.26 Å². The van der Waals surface area contributed by atoms with Crippen LogP contribution in [0.4, 0.5) is 0 Å². The number of nitriles is 1. The van der Waals surface area contributed by atoms with Crippen molar-refractivity contribution < 1.29 is 0 Å². The Morgan fingerprint density at radius 3 is 2.90 bits per heavy atom. The molecule has 2 heterocycles. The summed E-state index contributed by atoms with van der Waals surface area (Å²) >= 11 is 0. The van der Waals surface area contributed by atoms with E-state index in [4.69, 9.17) is 0 Å². The summed E-state index contributed by atoms with van der Waals surface area (Å²) < 4.78 is 0. The third-order valence-electron chi connectivity index (χ3n) is 4.18. The van der Waals surface area contributed by atoms with Crippen LogP contribution in [0.2, 0.25) is 0 Å². The minimum Gasteiger partial charge on any atom is -0.345 e. The number of aromatic amines is 2. The average molecular weight is 263 g/mol. The molecule has 20 heavy (non-hydrogen) atoms. The Morgan fingerprint density at radius 1 is 1.25 bits per heavy atom. The van der Waals surface area contributed by atoms with Crippen molar-refractivity contribution in [2.24, 2.45) is 0 Å². The summed E-state index contributed by atoms with van der Waals surface area (Å²) in [5.41, 5.74) is 3.54. The second-order valence-corrected chi connectivity index (χ2v) is 5.33. The monoisotopic (exact) mass is 263 g/mol.